The Labute approximate surface area is 140 Å². The van der Waals surface area contributed by atoms with E-state index in [1.54, 1.807) is 11.0 Å². The summed E-state index contributed by atoms with van der Waals surface area (Å²) in [7, 11) is 0. The van der Waals surface area contributed by atoms with Gasteiger partial charge in [0.25, 0.3) is 0 Å². The van der Waals surface area contributed by atoms with Crippen LogP contribution >= 0.6 is 0 Å². The highest BCUT2D eigenvalue weighted by Crippen LogP contribution is 2.30. The quantitative estimate of drug-likeness (QED) is 0.778. The zero-order chi connectivity index (χ0) is 16.4. The number of nitrogens with zero attached hydrogens (tertiary/aromatic N) is 5. The van der Waals surface area contributed by atoms with E-state index in [1.165, 1.54) is 18.4 Å². The Morgan fingerprint density at radius 3 is 2.88 bits per heavy atom. The molecule has 1 aromatic carbocycles. The highest BCUT2D eigenvalue weighted by atomic mass is 16.3. The number of hydrogen-bond acceptors (Lipinski definition) is 5. The van der Waals surface area contributed by atoms with E-state index in [4.69, 9.17) is 5.11 Å². The minimum Gasteiger partial charge on any atom is -0.394 e. The van der Waals surface area contributed by atoms with Crippen LogP contribution in [-0.2, 0) is 13.0 Å². The highest BCUT2D eigenvalue weighted by Gasteiger charge is 2.28. The minimum atomic E-state index is 0.0520. The molecule has 1 fully saturated rings. The van der Waals surface area contributed by atoms with Gasteiger partial charge < -0.3 is 10.0 Å². The summed E-state index contributed by atoms with van der Waals surface area (Å²) in [5.41, 5.74) is 2.15. The highest BCUT2D eigenvalue weighted by molar-refractivity contribution is 5.87. The van der Waals surface area contributed by atoms with Crippen molar-refractivity contribution in [3.63, 3.8) is 0 Å². The molecule has 1 saturated heterocycles. The Morgan fingerprint density at radius 2 is 2.04 bits per heavy atom. The molecule has 0 spiro atoms. The lowest BCUT2D eigenvalue weighted by Crippen LogP contribution is -2.31. The number of hydrogen-bond donors (Lipinski definition) is 1. The number of aliphatic hydroxyl groups excluding tert-OH is 1. The van der Waals surface area contributed by atoms with Gasteiger partial charge >= 0.3 is 0 Å². The first-order chi connectivity index (χ1) is 11.9. The van der Waals surface area contributed by atoms with Crippen LogP contribution in [0.2, 0.25) is 0 Å². The normalized spacial score (nSPS) is 17.7. The predicted octanol–water partition coefficient (Wildman–Crippen LogP) is 2.03. The van der Waals surface area contributed by atoms with E-state index < -0.39 is 0 Å². The Morgan fingerprint density at radius 1 is 1.17 bits per heavy atom. The summed E-state index contributed by atoms with van der Waals surface area (Å²) in [6.45, 7) is 1.51. The van der Waals surface area contributed by atoms with Crippen LogP contribution < -0.4 is 4.90 Å². The van der Waals surface area contributed by atoms with Gasteiger partial charge in [0, 0.05) is 12.6 Å². The van der Waals surface area contributed by atoms with Crippen molar-refractivity contribution in [2.45, 2.75) is 31.8 Å². The smallest absolute Gasteiger partial charge is 0.163 e. The predicted molar refractivity (Wildman–Crippen MR) is 92.9 cm³/mol. The average molecular weight is 323 g/mol. The average Bonchev–Trinajstić information content (AvgIpc) is 3.23. The van der Waals surface area contributed by atoms with E-state index in [9.17, 15) is 0 Å². The molecule has 1 N–H and O–H groups in total. The molecule has 1 aliphatic heterocycles. The molecular weight excluding hydrogens is 302 g/mol. The number of benzene rings is 1. The molecule has 1 aliphatic rings. The van der Waals surface area contributed by atoms with Crippen LogP contribution in [-0.4, -0.2) is 44.0 Å². The maximum Gasteiger partial charge on any atom is 0.163 e. The van der Waals surface area contributed by atoms with Gasteiger partial charge in [-0.15, -0.1) is 0 Å². The second-order valence-corrected chi connectivity index (χ2v) is 6.21. The van der Waals surface area contributed by atoms with Crippen molar-refractivity contribution in [3.8, 4) is 0 Å². The Kier molecular flexibility index (Phi) is 4.13. The summed E-state index contributed by atoms with van der Waals surface area (Å²) in [5, 5.41) is 14.5. The molecule has 1 atom stereocenters. The van der Waals surface area contributed by atoms with Gasteiger partial charge in [-0.2, -0.15) is 5.10 Å². The monoisotopic (exact) mass is 323 g/mol. The number of aromatic nitrogens is 4. The molecule has 3 heterocycles. The molecule has 4 rings (SSSR count). The van der Waals surface area contributed by atoms with Crippen LogP contribution in [0.1, 0.15) is 18.4 Å². The van der Waals surface area contributed by atoms with Gasteiger partial charge in [0.2, 0.25) is 0 Å². The lowest BCUT2D eigenvalue weighted by molar-refractivity contribution is 0.271. The van der Waals surface area contributed by atoms with Gasteiger partial charge in [-0.3, -0.25) is 0 Å². The van der Waals surface area contributed by atoms with Gasteiger partial charge in [-0.1, -0.05) is 30.3 Å². The molecule has 124 valence electrons. The summed E-state index contributed by atoms with van der Waals surface area (Å²) in [4.78, 5) is 11.3. The summed E-state index contributed by atoms with van der Waals surface area (Å²) < 4.78 is 1.74. The minimum absolute atomic E-state index is 0.0520. The molecule has 0 radical (unpaired) electrons. The molecular formula is C18H21N5O. The summed E-state index contributed by atoms with van der Waals surface area (Å²) in [5.74, 6) is 0.961. The number of anilines is 1. The van der Waals surface area contributed by atoms with Gasteiger partial charge in [0.05, 0.1) is 24.7 Å². The fourth-order valence-corrected chi connectivity index (χ4v) is 3.58. The molecule has 6 heteroatoms. The van der Waals surface area contributed by atoms with Crippen LogP contribution in [0.15, 0.2) is 42.9 Å². The van der Waals surface area contributed by atoms with Crippen LogP contribution in [0.25, 0.3) is 11.0 Å². The summed E-state index contributed by atoms with van der Waals surface area (Å²) >= 11 is 0. The Bertz CT molecular complexity index is 817. The molecule has 3 aromatic rings. The van der Waals surface area contributed by atoms with Crippen LogP contribution in [0.5, 0.6) is 0 Å². The first-order valence-electron chi connectivity index (χ1n) is 8.45. The Hall–Kier alpha value is -2.47. The van der Waals surface area contributed by atoms with Crippen LogP contribution in [0.4, 0.5) is 5.82 Å². The number of aliphatic hydroxyl groups is 1. The maximum absolute atomic E-state index is 9.17. The van der Waals surface area contributed by atoms with E-state index in [0.29, 0.717) is 12.6 Å². The Balaban J connectivity index is 1.66. The molecule has 6 nitrogen and oxygen atoms in total. The van der Waals surface area contributed by atoms with Crippen molar-refractivity contribution in [2.75, 3.05) is 18.1 Å². The molecule has 2 aromatic heterocycles. The van der Waals surface area contributed by atoms with E-state index in [1.807, 2.05) is 6.20 Å². The van der Waals surface area contributed by atoms with E-state index in [-0.39, 0.29) is 6.61 Å². The van der Waals surface area contributed by atoms with Crippen molar-refractivity contribution in [1.82, 2.24) is 19.7 Å². The first-order valence-corrected chi connectivity index (χ1v) is 8.45. The number of rotatable bonds is 5. The van der Waals surface area contributed by atoms with Gasteiger partial charge in [0.1, 0.15) is 12.1 Å². The maximum atomic E-state index is 9.17. The fourth-order valence-electron chi connectivity index (χ4n) is 3.58. The zero-order valence-corrected chi connectivity index (χ0v) is 13.5. The van der Waals surface area contributed by atoms with Crippen molar-refractivity contribution >= 4 is 16.9 Å². The second kappa shape index (κ2) is 6.57. The summed E-state index contributed by atoms with van der Waals surface area (Å²) in [6.07, 6.45) is 6.79. The molecule has 0 saturated carbocycles. The third kappa shape index (κ3) is 2.73. The van der Waals surface area contributed by atoms with E-state index >= 15 is 0 Å². The van der Waals surface area contributed by atoms with Crippen LogP contribution in [0, 0.1) is 0 Å². The molecule has 0 aliphatic carbocycles. The molecule has 1 unspecified atom stereocenters. The van der Waals surface area contributed by atoms with Gasteiger partial charge in [0.15, 0.2) is 5.65 Å². The summed E-state index contributed by atoms with van der Waals surface area (Å²) in [6, 6.07) is 11.1. The van der Waals surface area contributed by atoms with Crippen molar-refractivity contribution in [1.29, 1.82) is 0 Å². The molecule has 0 bridgehead atoms. The fraction of sp³-hybridized carbons (Fsp3) is 0.389. The van der Waals surface area contributed by atoms with E-state index in [0.717, 1.165) is 29.8 Å². The molecule has 24 heavy (non-hydrogen) atoms. The largest absolute Gasteiger partial charge is 0.394 e. The number of fused-ring (bicyclic) bond motifs is 1. The SMILES string of the molecule is OCCn1ncc2c(N3CCCC3Cc3ccccc3)ncnc21. The second-order valence-electron chi connectivity index (χ2n) is 6.21. The molecule has 0 amide bonds. The van der Waals surface area contributed by atoms with Crippen molar-refractivity contribution in [2.24, 2.45) is 0 Å². The third-order valence-corrected chi connectivity index (χ3v) is 4.69. The van der Waals surface area contributed by atoms with E-state index in [2.05, 4.69) is 50.3 Å². The lowest BCUT2D eigenvalue weighted by Gasteiger charge is -2.26. The van der Waals surface area contributed by atoms with Crippen LogP contribution in [0.3, 0.4) is 0 Å². The lowest BCUT2D eigenvalue weighted by atomic mass is 10.0. The van der Waals surface area contributed by atoms with Gasteiger partial charge in [-0.25, -0.2) is 14.6 Å². The third-order valence-electron chi connectivity index (χ3n) is 4.69. The topological polar surface area (TPSA) is 67.1 Å². The van der Waals surface area contributed by atoms with Crippen molar-refractivity contribution in [3.05, 3.63) is 48.4 Å². The standard InChI is InChI=1S/C18H21N5O/c24-10-9-23-18-16(12-21-23)17(19-13-20-18)22-8-4-7-15(22)11-14-5-2-1-3-6-14/h1-3,5-6,12-13,15,24H,4,7-11H2. The van der Waals surface area contributed by atoms with Gasteiger partial charge in [-0.05, 0) is 24.8 Å². The van der Waals surface area contributed by atoms with Crippen molar-refractivity contribution < 1.29 is 5.11 Å². The first kappa shape index (κ1) is 15.1. The zero-order valence-electron chi connectivity index (χ0n) is 13.5.